The van der Waals surface area contributed by atoms with Gasteiger partial charge in [-0.25, -0.2) is 14.6 Å². The predicted molar refractivity (Wildman–Crippen MR) is 139 cm³/mol. The van der Waals surface area contributed by atoms with Crippen molar-refractivity contribution >= 4 is 63.1 Å². The third-order valence-electron chi connectivity index (χ3n) is 4.33. The van der Waals surface area contributed by atoms with Gasteiger partial charge in [-0.15, -0.1) is 0 Å². The third-order valence-corrected chi connectivity index (χ3v) is 6.15. The van der Waals surface area contributed by atoms with E-state index in [9.17, 15) is 14.7 Å². The number of hydrogen-bond donors (Lipinski definition) is 2. The van der Waals surface area contributed by atoms with E-state index in [2.05, 4.69) is 4.99 Å². The maximum atomic E-state index is 12.6. The molecule has 1 aliphatic rings. The molecule has 0 aromatic heterocycles. The highest BCUT2D eigenvalue weighted by Gasteiger charge is 2.33. The van der Waals surface area contributed by atoms with Gasteiger partial charge in [0.25, 0.3) is 0 Å². The second-order valence-corrected chi connectivity index (χ2v) is 8.95. The van der Waals surface area contributed by atoms with Crippen molar-refractivity contribution in [3.8, 4) is 11.5 Å². The van der Waals surface area contributed by atoms with Gasteiger partial charge in [0.05, 0.1) is 27.4 Å². The van der Waals surface area contributed by atoms with Crippen LogP contribution in [-0.4, -0.2) is 47.0 Å². The fourth-order valence-corrected chi connectivity index (χ4v) is 4.79. The van der Waals surface area contributed by atoms with E-state index in [1.165, 1.54) is 0 Å². The molecule has 34 heavy (non-hydrogen) atoms. The number of aliphatic hydroxyl groups excluding tert-OH is 1. The van der Waals surface area contributed by atoms with Gasteiger partial charge in [0.1, 0.15) is 16.4 Å². The summed E-state index contributed by atoms with van der Waals surface area (Å²) in [4.78, 5) is 28.4. The van der Waals surface area contributed by atoms with Crippen LogP contribution in [0, 0.1) is 3.57 Å². The number of nitrogens with zero attached hydrogens (tertiary/aromatic N) is 1. The number of halogens is 1. The molecule has 0 unspecified atom stereocenters. The normalized spacial score (nSPS) is 15.6. The number of para-hydroxylation sites is 1. The number of ether oxygens (including phenoxy) is 3. The second kappa shape index (κ2) is 11.9. The lowest BCUT2D eigenvalue weighted by Gasteiger charge is -2.13. The van der Waals surface area contributed by atoms with Crippen molar-refractivity contribution in [1.82, 2.24) is 0 Å². The number of aliphatic carboxylic acids is 1. The average Bonchev–Trinajstić information content (AvgIpc) is 3.08. The minimum Gasteiger partial charge on any atom is -0.506 e. The Morgan fingerprint density at radius 3 is 2.50 bits per heavy atom. The Hall–Kier alpha value is -2.99. The van der Waals surface area contributed by atoms with E-state index in [0.717, 1.165) is 11.8 Å². The van der Waals surface area contributed by atoms with E-state index in [0.29, 0.717) is 42.9 Å². The molecule has 0 amide bonds. The Morgan fingerprint density at radius 1 is 1.12 bits per heavy atom. The van der Waals surface area contributed by atoms with Gasteiger partial charge in [-0.05, 0) is 72.3 Å². The van der Waals surface area contributed by atoms with E-state index in [4.69, 9.17) is 19.3 Å². The summed E-state index contributed by atoms with van der Waals surface area (Å²) in [6.45, 7) is 3.50. The molecule has 1 heterocycles. The lowest BCUT2D eigenvalue weighted by Crippen LogP contribution is -2.12. The molecule has 0 radical (unpaired) electrons. The maximum absolute atomic E-state index is 12.6. The molecule has 0 saturated carbocycles. The summed E-state index contributed by atoms with van der Waals surface area (Å²) >= 11 is 3.18. The fraction of sp³-hybridized carbons (Fsp3) is 0.208. The van der Waals surface area contributed by atoms with E-state index >= 15 is 0 Å². The first-order valence-corrected chi connectivity index (χ1v) is 12.2. The first-order valence-electron chi connectivity index (χ1n) is 10.3. The van der Waals surface area contributed by atoms with Crippen LogP contribution in [-0.2, 0) is 14.3 Å². The Morgan fingerprint density at radius 2 is 1.85 bits per heavy atom. The molecule has 3 rings (SSSR count). The number of aliphatic imine (C=N–C) groups is 1. The number of esters is 1. The van der Waals surface area contributed by atoms with Crippen LogP contribution in [0.1, 0.15) is 19.4 Å². The molecule has 0 bridgehead atoms. The van der Waals surface area contributed by atoms with Crippen LogP contribution in [0.5, 0.6) is 11.5 Å². The number of benzene rings is 2. The van der Waals surface area contributed by atoms with Gasteiger partial charge in [0.2, 0.25) is 0 Å². The van der Waals surface area contributed by atoms with Crippen molar-refractivity contribution < 1.29 is 34.0 Å². The number of thioether (sulfide) groups is 1. The maximum Gasteiger partial charge on any atom is 0.344 e. The molecule has 0 spiro atoms. The summed E-state index contributed by atoms with van der Waals surface area (Å²) in [6.07, 6.45) is 1.69. The van der Waals surface area contributed by atoms with Crippen molar-refractivity contribution in [1.29, 1.82) is 0 Å². The topological polar surface area (TPSA) is 115 Å². The van der Waals surface area contributed by atoms with Crippen molar-refractivity contribution in [2.75, 3.05) is 19.8 Å². The van der Waals surface area contributed by atoms with Crippen LogP contribution in [0.25, 0.3) is 6.08 Å². The minimum atomic E-state index is -1.10. The zero-order valence-corrected chi connectivity index (χ0v) is 21.4. The quantitative estimate of drug-likeness (QED) is 0.295. The Labute approximate surface area is 214 Å². The van der Waals surface area contributed by atoms with Gasteiger partial charge >= 0.3 is 11.9 Å². The van der Waals surface area contributed by atoms with E-state index in [1.54, 1.807) is 44.2 Å². The van der Waals surface area contributed by atoms with Crippen molar-refractivity contribution in [2.45, 2.75) is 13.8 Å². The Kier molecular flexibility index (Phi) is 8.99. The van der Waals surface area contributed by atoms with Crippen LogP contribution in [0.3, 0.4) is 0 Å². The van der Waals surface area contributed by atoms with Gasteiger partial charge in [-0.2, -0.15) is 0 Å². The summed E-state index contributed by atoms with van der Waals surface area (Å²) < 4.78 is 16.8. The van der Waals surface area contributed by atoms with E-state index in [1.807, 2.05) is 40.8 Å². The second-order valence-electron chi connectivity index (χ2n) is 6.75. The number of carbonyl (C=O) groups is 2. The monoisotopic (exact) mass is 595 g/mol. The van der Waals surface area contributed by atoms with Crippen LogP contribution in [0.15, 0.2) is 63.7 Å². The molecule has 10 heteroatoms. The molecule has 0 fully saturated rings. The van der Waals surface area contributed by atoms with Crippen LogP contribution in [0.4, 0.5) is 5.69 Å². The molecule has 0 aliphatic carbocycles. The molecule has 2 N–H and O–H groups in total. The molecule has 2 aromatic carbocycles. The summed E-state index contributed by atoms with van der Waals surface area (Å²) in [7, 11) is 0. The van der Waals surface area contributed by atoms with Gasteiger partial charge in [-0.3, -0.25) is 0 Å². The number of carboxylic acids is 1. The summed E-state index contributed by atoms with van der Waals surface area (Å²) in [5.74, 6) is -1.29. The molecule has 8 nitrogen and oxygen atoms in total. The smallest absolute Gasteiger partial charge is 0.344 e. The van der Waals surface area contributed by atoms with Crippen LogP contribution >= 0.6 is 34.4 Å². The van der Waals surface area contributed by atoms with Crippen molar-refractivity contribution in [3.05, 3.63) is 67.8 Å². The van der Waals surface area contributed by atoms with Gasteiger partial charge in [0.15, 0.2) is 18.1 Å². The predicted octanol–water partition coefficient (Wildman–Crippen LogP) is 5.35. The molecule has 0 saturated heterocycles. The Balaban J connectivity index is 2.03. The third kappa shape index (κ3) is 6.32. The largest absolute Gasteiger partial charge is 0.506 e. The van der Waals surface area contributed by atoms with E-state index in [-0.39, 0.29) is 17.9 Å². The lowest BCUT2D eigenvalue weighted by molar-refractivity contribution is -0.139. The molecule has 2 aromatic rings. The number of carboxylic acid groups (broad SMARTS) is 1. The molecular weight excluding hydrogens is 573 g/mol. The van der Waals surface area contributed by atoms with Crippen LogP contribution in [0.2, 0.25) is 0 Å². The average molecular weight is 595 g/mol. The molecule has 178 valence electrons. The number of carbonyl (C=O) groups excluding carboxylic acids is 1. The van der Waals surface area contributed by atoms with Gasteiger partial charge < -0.3 is 24.4 Å². The first kappa shape index (κ1) is 25.6. The van der Waals surface area contributed by atoms with Crippen molar-refractivity contribution in [2.24, 2.45) is 4.99 Å². The Bertz CT molecular complexity index is 1180. The zero-order chi connectivity index (χ0) is 24.7. The summed E-state index contributed by atoms with van der Waals surface area (Å²) in [6, 6.07) is 12.5. The lowest BCUT2D eigenvalue weighted by atomic mass is 10.1. The number of hydrogen-bond acceptors (Lipinski definition) is 8. The minimum absolute atomic E-state index is 0.00286. The first-order chi connectivity index (χ1) is 16.3. The highest BCUT2D eigenvalue weighted by molar-refractivity contribution is 14.1. The SMILES string of the molecule is CCOC(=O)C1=C(O)/C(=C/c2cc(I)c(OCC(=O)O)c(OCC)c2)SC1=Nc1ccccc1. The molecule has 0 atom stereocenters. The fourth-order valence-electron chi connectivity index (χ4n) is 2.97. The summed E-state index contributed by atoms with van der Waals surface area (Å²) in [5, 5.41) is 20.1. The molecular formula is C24H22INO7S. The summed E-state index contributed by atoms with van der Waals surface area (Å²) in [5.41, 5.74) is 1.30. The highest BCUT2D eigenvalue weighted by Crippen LogP contribution is 2.41. The standard InChI is InChI=1S/C24H22INO7S/c1-3-31-17-11-14(10-16(25)22(17)33-13-19(27)28)12-18-21(29)20(24(30)32-4-2)23(34-18)26-15-8-6-5-7-9-15/h5-12,29H,3-4,13H2,1-2H3,(H,27,28)/b18-12-,26-23?. The number of rotatable bonds is 9. The molecule has 1 aliphatic heterocycles. The van der Waals surface area contributed by atoms with Crippen molar-refractivity contribution in [3.63, 3.8) is 0 Å². The zero-order valence-electron chi connectivity index (χ0n) is 18.4. The van der Waals surface area contributed by atoms with E-state index < -0.39 is 18.5 Å². The van der Waals surface area contributed by atoms with Gasteiger partial charge in [0, 0.05) is 0 Å². The number of aliphatic hydroxyl groups is 1. The van der Waals surface area contributed by atoms with Gasteiger partial charge in [-0.1, -0.05) is 30.0 Å². The van der Waals surface area contributed by atoms with Crippen LogP contribution < -0.4 is 9.47 Å². The highest BCUT2D eigenvalue weighted by atomic mass is 127.